The lowest BCUT2D eigenvalue weighted by Gasteiger charge is -2.33. The van der Waals surface area contributed by atoms with E-state index < -0.39 is 5.54 Å². The molecule has 0 saturated heterocycles. The third-order valence-electron chi connectivity index (χ3n) is 4.35. The Kier molecular flexibility index (Phi) is 4.27. The maximum atomic E-state index is 12.3. The third kappa shape index (κ3) is 3.38. The Balaban J connectivity index is 1.87. The lowest BCUT2D eigenvalue weighted by atomic mass is 9.87. The van der Waals surface area contributed by atoms with Gasteiger partial charge < -0.3 is 11.1 Å². The fourth-order valence-electron chi connectivity index (χ4n) is 2.80. The molecule has 3 N–H and O–H groups in total. The summed E-state index contributed by atoms with van der Waals surface area (Å²) in [7, 11) is 1.61. The molecule has 1 aliphatic rings. The van der Waals surface area contributed by atoms with Crippen LogP contribution in [0.1, 0.15) is 29.3 Å². The summed E-state index contributed by atoms with van der Waals surface area (Å²) in [6.45, 7) is 1.86. The van der Waals surface area contributed by atoms with Crippen LogP contribution in [0.4, 0.5) is 5.69 Å². The molecule has 2 aromatic rings. The van der Waals surface area contributed by atoms with Crippen molar-refractivity contribution in [2.24, 2.45) is 10.7 Å². The largest absolute Gasteiger partial charge is 0.369 e. The maximum absolute atomic E-state index is 12.3. The molecule has 1 atom stereocenters. The Labute approximate surface area is 146 Å². The summed E-state index contributed by atoms with van der Waals surface area (Å²) in [5, 5.41) is 2.87. The van der Waals surface area contributed by atoms with Gasteiger partial charge in [0.2, 0.25) is 5.91 Å². The van der Waals surface area contributed by atoms with Crippen LogP contribution in [-0.4, -0.2) is 29.7 Å². The highest BCUT2D eigenvalue weighted by molar-refractivity contribution is 6.04. The molecule has 0 saturated carbocycles. The molecule has 0 spiro atoms. The second kappa shape index (κ2) is 6.39. The standard InChI is InChI=1S/C19H20N4O2/c1-19(12-16(24)23(2)18(20)22-19)14-9-6-10-15(11-14)21-17(25)13-7-4-3-5-8-13/h3-11H,12H2,1-2H3,(H2,20,22)(H,21,25). The van der Waals surface area contributed by atoms with E-state index in [-0.39, 0.29) is 24.2 Å². The number of carbonyl (C=O) groups is 2. The van der Waals surface area contributed by atoms with Crippen molar-refractivity contribution in [3.05, 3.63) is 65.7 Å². The zero-order valence-electron chi connectivity index (χ0n) is 14.2. The summed E-state index contributed by atoms with van der Waals surface area (Å²) >= 11 is 0. The number of nitrogens with two attached hydrogens (primary N) is 1. The molecule has 6 heteroatoms. The molecule has 6 nitrogen and oxygen atoms in total. The molecule has 0 fully saturated rings. The van der Waals surface area contributed by atoms with E-state index in [0.717, 1.165) is 5.56 Å². The Morgan fingerprint density at radius 2 is 1.92 bits per heavy atom. The van der Waals surface area contributed by atoms with Crippen LogP contribution in [0.5, 0.6) is 0 Å². The van der Waals surface area contributed by atoms with Gasteiger partial charge >= 0.3 is 0 Å². The second-order valence-corrected chi connectivity index (χ2v) is 6.27. The number of anilines is 1. The summed E-state index contributed by atoms with van der Waals surface area (Å²) in [4.78, 5) is 30.3. The summed E-state index contributed by atoms with van der Waals surface area (Å²) in [5.74, 6) is -0.0865. The SMILES string of the molecule is CN1C(=O)CC(C)(c2cccc(NC(=O)c3ccccc3)c2)N=C1N. The number of amides is 2. The number of nitrogens with zero attached hydrogens (tertiary/aromatic N) is 2. The van der Waals surface area contributed by atoms with Gasteiger partial charge in [0.1, 0.15) is 0 Å². The molecular weight excluding hydrogens is 316 g/mol. The Bertz CT molecular complexity index is 848. The molecule has 128 valence electrons. The monoisotopic (exact) mass is 336 g/mol. The topological polar surface area (TPSA) is 87.8 Å². The Morgan fingerprint density at radius 1 is 1.20 bits per heavy atom. The molecule has 0 radical (unpaired) electrons. The first-order valence-corrected chi connectivity index (χ1v) is 7.98. The molecule has 1 unspecified atom stereocenters. The van der Waals surface area contributed by atoms with Crippen LogP contribution in [0.25, 0.3) is 0 Å². The number of carbonyl (C=O) groups excluding carboxylic acids is 2. The molecule has 1 aliphatic heterocycles. The Morgan fingerprint density at radius 3 is 2.60 bits per heavy atom. The predicted octanol–water partition coefficient (Wildman–Crippen LogP) is 2.33. The van der Waals surface area contributed by atoms with Crippen molar-refractivity contribution >= 4 is 23.5 Å². The summed E-state index contributed by atoms with van der Waals surface area (Å²) in [6.07, 6.45) is 0.223. The minimum absolute atomic E-state index is 0.0891. The van der Waals surface area contributed by atoms with E-state index in [0.29, 0.717) is 11.3 Å². The summed E-state index contributed by atoms with van der Waals surface area (Å²) in [5.41, 5.74) is 7.16. The van der Waals surface area contributed by atoms with Crippen molar-refractivity contribution in [3.8, 4) is 0 Å². The highest BCUT2D eigenvalue weighted by Gasteiger charge is 2.36. The number of aliphatic imine (C=N–C) groups is 1. The van der Waals surface area contributed by atoms with Crippen LogP contribution in [0.2, 0.25) is 0 Å². The smallest absolute Gasteiger partial charge is 0.255 e. The van der Waals surface area contributed by atoms with Crippen LogP contribution >= 0.6 is 0 Å². The van der Waals surface area contributed by atoms with Gasteiger partial charge in [0.05, 0.1) is 12.0 Å². The van der Waals surface area contributed by atoms with Gasteiger partial charge in [0.25, 0.3) is 5.91 Å². The summed E-state index contributed by atoms with van der Waals surface area (Å²) in [6, 6.07) is 16.3. The van der Waals surface area contributed by atoms with E-state index in [1.54, 1.807) is 25.2 Å². The van der Waals surface area contributed by atoms with Gasteiger partial charge in [-0.15, -0.1) is 0 Å². The number of hydrogen-bond acceptors (Lipinski definition) is 4. The highest BCUT2D eigenvalue weighted by atomic mass is 16.2. The van der Waals surface area contributed by atoms with Gasteiger partial charge in [-0.1, -0.05) is 30.3 Å². The van der Waals surface area contributed by atoms with E-state index in [1.807, 2.05) is 43.3 Å². The number of rotatable bonds is 3. The third-order valence-corrected chi connectivity index (χ3v) is 4.35. The fourth-order valence-corrected chi connectivity index (χ4v) is 2.80. The van der Waals surface area contributed by atoms with E-state index in [9.17, 15) is 9.59 Å². The van der Waals surface area contributed by atoms with Gasteiger partial charge in [-0.2, -0.15) is 0 Å². The lowest BCUT2D eigenvalue weighted by Crippen LogP contribution is -2.47. The molecule has 1 heterocycles. The van der Waals surface area contributed by atoms with Crippen LogP contribution < -0.4 is 11.1 Å². The minimum atomic E-state index is -0.749. The van der Waals surface area contributed by atoms with Crippen LogP contribution in [0.3, 0.4) is 0 Å². The fraction of sp³-hybridized carbons (Fsp3) is 0.211. The van der Waals surface area contributed by atoms with Crippen molar-refractivity contribution in [1.82, 2.24) is 4.90 Å². The van der Waals surface area contributed by atoms with Gasteiger partial charge in [0, 0.05) is 18.3 Å². The van der Waals surface area contributed by atoms with E-state index in [2.05, 4.69) is 10.3 Å². The van der Waals surface area contributed by atoms with Crippen LogP contribution in [-0.2, 0) is 10.3 Å². The average molecular weight is 336 g/mol. The van der Waals surface area contributed by atoms with Crippen molar-refractivity contribution in [2.45, 2.75) is 18.9 Å². The first-order valence-electron chi connectivity index (χ1n) is 7.98. The van der Waals surface area contributed by atoms with Crippen LogP contribution in [0.15, 0.2) is 59.6 Å². The number of guanidine groups is 1. The van der Waals surface area contributed by atoms with Crippen molar-refractivity contribution in [1.29, 1.82) is 0 Å². The zero-order valence-corrected chi connectivity index (χ0v) is 14.2. The molecule has 25 heavy (non-hydrogen) atoms. The molecule has 3 rings (SSSR count). The zero-order chi connectivity index (χ0) is 18.0. The Hall–Kier alpha value is -3.15. The van der Waals surface area contributed by atoms with Crippen LogP contribution in [0, 0.1) is 0 Å². The molecule has 2 aromatic carbocycles. The molecule has 0 bridgehead atoms. The van der Waals surface area contributed by atoms with Crippen molar-refractivity contribution in [3.63, 3.8) is 0 Å². The van der Waals surface area contributed by atoms with Gasteiger partial charge in [0.15, 0.2) is 5.96 Å². The lowest BCUT2D eigenvalue weighted by molar-refractivity contribution is -0.128. The number of hydrogen-bond donors (Lipinski definition) is 2. The minimum Gasteiger partial charge on any atom is -0.369 e. The number of benzene rings is 2. The summed E-state index contributed by atoms with van der Waals surface area (Å²) < 4.78 is 0. The van der Waals surface area contributed by atoms with Crippen molar-refractivity contribution in [2.75, 3.05) is 12.4 Å². The normalized spacial score (nSPS) is 20.2. The van der Waals surface area contributed by atoms with E-state index in [4.69, 9.17) is 5.73 Å². The van der Waals surface area contributed by atoms with E-state index in [1.165, 1.54) is 4.90 Å². The maximum Gasteiger partial charge on any atom is 0.255 e. The second-order valence-electron chi connectivity index (χ2n) is 6.27. The first kappa shape index (κ1) is 16.7. The molecule has 2 amide bonds. The van der Waals surface area contributed by atoms with Gasteiger partial charge in [-0.25, -0.2) is 4.99 Å². The quantitative estimate of drug-likeness (QED) is 0.902. The molecule has 0 aliphatic carbocycles. The van der Waals surface area contributed by atoms with Gasteiger partial charge in [-0.05, 0) is 36.8 Å². The average Bonchev–Trinajstić information content (AvgIpc) is 2.60. The number of nitrogens with one attached hydrogen (secondary N) is 1. The predicted molar refractivity (Wildman–Crippen MR) is 97.2 cm³/mol. The highest BCUT2D eigenvalue weighted by Crippen LogP contribution is 2.34. The van der Waals surface area contributed by atoms with E-state index >= 15 is 0 Å². The molecule has 0 aromatic heterocycles. The first-order chi connectivity index (χ1) is 11.9. The van der Waals surface area contributed by atoms with Gasteiger partial charge in [-0.3, -0.25) is 14.5 Å². The molecular formula is C19H20N4O2. The van der Waals surface area contributed by atoms with Crippen molar-refractivity contribution < 1.29 is 9.59 Å².